The zero-order valence-electron chi connectivity index (χ0n) is 8.71. The first kappa shape index (κ1) is 11.7. The molecule has 0 radical (unpaired) electrons. The van der Waals surface area contributed by atoms with Crippen LogP contribution in [0.5, 0.6) is 0 Å². The molecule has 1 saturated heterocycles. The number of rotatable bonds is 4. The van der Waals surface area contributed by atoms with E-state index in [0.29, 0.717) is 0 Å². The van der Waals surface area contributed by atoms with Crippen molar-refractivity contribution < 1.29 is 14.3 Å². The minimum absolute atomic E-state index is 0.231. The van der Waals surface area contributed by atoms with Gasteiger partial charge in [-0.3, -0.25) is 4.79 Å². The molecule has 1 heterocycles. The second kappa shape index (κ2) is 4.44. The van der Waals surface area contributed by atoms with E-state index in [1.54, 1.807) is 13.8 Å². The van der Waals surface area contributed by atoms with E-state index in [2.05, 4.69) is 16.6 Å². The molecule has 0 N–H and O–H groups in total. The summed E-state index contributed by atoms with van der Waals surface area (Å²) in [5.41, 5.74) is 8.10. The Morgan fingerprint density at radius 2 is 2.33 bits per heavy atom. The monoisotopic (exact) mass is 211 g/mol. The van der Waals surface area contributed by atoms with Crippen LogP contribution in [0.2, 0.25) is 0 Å². The Kier molecular flexibility index (Phi) is 3.47. The Morgan fingerprint density at radius 3 is 2.87 bits per heavy atom. The van der Waals surface area contributed by atoms with E-state index in [1.807, 2.05) is 0 Å². The Labute approximate surface area is 87.5 Å². The SMILES string of the molecule is C=C[C@@H]1OC(C)(C)OC1C(=O)CN=[N+]=[N-]. The van der Waals surface area contributed by atoms with E-state index in [4.69, 9.17) is 15.0 Å². The van der Waals surface area contributed by atoms with Crippen LogP contribution in [-0.2, 0) is 14.3 Å². The van der Waals surface area contributed by atoms with Gasteiger partial charge in [-0.1, -0.05) is 11.2 Å². The van der Waals surface area contributed by atoms with Crippen LogP contribution >= 0.6 is 0 Å². The van der Waals surface area contributed by atoms with Gasteiger partial charge in [0.2, 0.25) is 0 Å². The number of Topliss-reactive ketones (excluding diaryl/α,β-unsaturated/α-hetero) is 1. The van der Waals surface area contributed by atoms with Gasteiger partial charge in [-0.25, -0.2) is 0 Å². The molecule has 0 aromatic rings. The van der Waals surface area contributed by atoms with Crippen molar-refractivity contribution in [2.24, 2.45) is 5.11 Å². The van der Waals surface area contributed by atoms with Crippen LogP contribution in [0.3, 0.4) is 0 Å². The molecular weight excluding hydrogens is 198 g/mol. The van der Waals surface area contributed by atoms with Gasteiger partial charge in [0.25, 0.3) is 0 Å². The van der Waals surface area contributed by atoms with Crippen LogP contribution in [0.25, 0.3) is 10.4 Å². The van der Waals surface area contributed by atoms with Crippen LogP contribution in [0.1, 0.15) is 13.8 Å². The molecule has 1 aliphatic heterocycles. The maximum absolute atomic E-state index is 11.5. The highest BCUT2D eigenvalue weighted by molar-refractivity contribution is 5.86. The number of hydrogen-bond donors (Lipinski definition) is 0. The highest BCUT2D eigenvalue weighted by Crippen LogP contribution is 2.29. The molecule has 0 aromatic heterocycles. The number of azide groups is 1. The van der Waals surface area contributed by atoms with Crippen molar-refractivity contribution in [3.05, 3.63) is 23.1 Å². The molecule has 0 aliphatic carbocycles. The summed E-state index contributed by atoms with van der Waals surface area (Å²) in [6.07, 6.45) is 0.289. The Balaban J connectivity index is 2.72. The third kappa shape index (κ3) is 2.79. The van der Waals surface area contributed by atoms with E-state index in [-0.39, 0.29) is 12.3 Å². The van der Waals surface area contributed by atoms with Crippen LogP contribution in [-0.4, -0.2) is 30.3 Å². The Hall–Kier alpha value is -1.36. The van der Waals surface area contributed by atoms with Gasteiger partial charge in [-0.2, -0.15) is 0 Å². The summed E-state index contributed by atoms with van der Waals surface area (Å²) in [6.45, 7) is 6.75. The van der Waals surface area contributed by atoms with Crippen LogP contribution in [0, 0.1) is 0 Å². The maximum Gasteiger partial charge on any atom is 0.170 e. The summed E-state index contributed by atoms with van der Waals surface area (Å²) in [5.74, 6) is -1.11. The largest absolute Gasteiger partial charge is 0.340 e. The van der Waals surface area contributed by atoms with Crippen molar-refractivity contribution in [1.29, 1.82) is 0 Å². The fraction of sp³-hybridized carbons (Fsp3) is 0.667. The molecule has 0 saturated carbocycles. The van der Waals surface area contributed by atoms with Crippen molar-refractivity contribution in [2.75, 3.05) is 6.54 Å². The number of carbonyl (C=O) groups excluding carboxylic acids is 1. The molecule has 1 aliphatic rings. The Bertz CT molecular complexity index is 321. The van der Waals surface area contributed by atoms with Gasteiger partial charge in [0.05, 0.1) is 6.54 Å². The molecule has 1 unspecified atom stereocenters. The molecule has 0 amide bonds. The zero-order chi connectivity index (χ0) is 11.5. The van der Waals surface area contributed by atoms with Gasteiger partial charge < -0.3 is 9.47 Å². The first-order chi connectivity index (χ1) is 7.00. The highest BCUT2D eigenvalue weighted by Gasteiger charge is 2.42. The molecule has 1 rings (SSSR count). The quantitative estimate of drug-likeness (QED) is 0.306. The Morgan fingerprint density at radius 1 is 1.67 bits per heavy atom. The molecule has 2 atom stereocenters. The van der Waals surface area contributed by atoms with Crippen LogP contribution in [0.15, 0.2) is 17.8 Å². The summed E-state index contributed by atoms with van der Waals surface area (Å²) in [6, 6.07) is 0. The number of ether oxygens (including phenoxy) is 2. The molecule has 0 bridgehead atoms. The fourth-order valence-electron chi connectivity index (χ4n) is 1.40. The van der Waals surface area contributed by atoms with Crippen LogP contribution < -0.4 is 0 Å². The second-order valence-electron chi connectivity index (χ2n) is 3.61. The number of nitrogens with zero attached hydrogens (tertiary/aromatic N) is 3. The minimum atomic E-state index is -0.810. The average molecular weight is 211 g/mol. The van der Waals surface area contributed by atoms with Gasteiger partial charge in [-0.15, -0.1) is 6.58 Å². The van der Waals surface area contributed by atoms with Crippen molar-refractivity contribution in [1.82, 2.24) is 0 Å². The molecule has 6 heteroatoms. The number of hydrogen-bond acceptors (Lipinski definition) is 4. The second-order valence-corrected chi connectivity index (χ2v) is 3.61. The minimum Gasteiger partial charge on any atom is -0.340 e. The highest BCUT2D eigenvalue weighted by atomic mass is 16.8. The number of carbonyl (C=O) groups is 1. The van der Waals surface area contributed by atoms with Gasteiger partial charge >= 0.3 is 0 Å². The van der Waals surface area contributed by atoms with E-state index in [0.717, 1.165) is 0 Å². The summed E-state index contributed by atoms with van der Waals surface area (Å²) in [5, 5.41) is 3.19. The van der Waals surface area contributed by atoms with Crippen LogP contribution in [0.4, 0.5) is 0 Å². The molecule has 82 valence electrons. The van der Waals surface area contributed by atoms with Gasteiger partial charge in [0.15, 0.2) is 11.6 Å². The predicted molar refractivity (Wildman–Crippen MR) is 53.0 cm³/mol. The zero-order valence-corrected chi connectivity index (χ0v) is 8.71. The third-order valence-corrected chi connectivity index (χ3v) is 1.97. The van der Waals surface area contributed by atoms with Crippen molar-refractivity contribution in [3.63, 3.8) is 0 Å². The van der Waals surface area contributed by atoms with Gasteiger partial charge in [0.1, 0.15) is 12.2 Å². The smallest absolute Gasteiger partial charge is 0.170 e. The maximum atomic E-state index is 11.5. The van der Waals surface area contributed by atoms with Crippen molar-refractivity contribution in [3.8, 4) is 0 Å². The topological polar surface area (TPSA) is 84.3 Å². The average Bonchev–Trinajstić information content (AvgIpc) is 2.50. The lowest BCUT2D eigenvalue weighted by Crippen LogP contribution is -2.32. The fourth-order valence-corrected chi connectivity index (χ4v) is 1.40. The van der Waals surface area contributed by atoms with E-state index >= 15 is 0 Å². The molecule has 1 fully saturated rings. The molecule has 15 heavy (non-hydrogen) atoms. The lowest BCUT2D eigenvalue weighted by Gasteiger charge is -2.15. The lowest BCUT2D eigenvalue weighted by atomic mass is 10.1. The lowest BCUT2D eigenvalue weighted by molar-refractivity contribution is -0.152. The first-order valence-electron chi connectivity index (χ1n) is 4.52. The van der Waals surface area contributed by atoms with E-state index in [1.165, 1.54) is 6.08 Å². The molecule has 6 nitrogen and oxygen atoms in total. The summed E-state index contributed by atoms with van der Waals surface area (Å²) < 4.78 is 10.8. The summed E-state index contributed by atoms with van der Waals surface area (Å²) >= 11 is 0. The molecular formula is C9H13N3O3. The van der Waals surface area contributed by atoms with Gasteiger partial charge in [-0.05, 0) is 19.4 Å². The standard InChI is InChI=1S/C9H13N3O3/c1-4-7-8(6(13)5-11-12-10)15-9(2,3)14-7/h4,7-8H,1,5H2,2-3H3/t7-,8?/m0/s1. The first-order valence-corrected chi connectivity index (χ1v) is 4.52. The third-order valence-electron chi connectivity index (χ3n) is 1.97. The summed E-state index contributed by atoms with van der Waals surface area (Å²) in [7, 11) is 0. The summed E-state index contributed by atoms with van der Waals surface area (Å²) in [4.78, 5) is 14.1. The van der Waals surface area contributed by atoms with Crippen molar-refractivity contribution in [2.45, 2.75) is 31.8 Å². The normalized spacial score (nSPS) is 28.1. The van der Waals surface area contributed by atoms with E-state index in [9.17, 15) is 4.79 Å². The molecule has 0 spiro atoms. The molecule has 0 aromatic carbocycles. The predicted octanol–water partition coefficient (Wildman–Crippen LogP) is 1.57. The van der Waals surface area contributed by atoms with E-state index < -0.39 is 18.0 Å². The van der Waals surface area contributed by atoms with Gasteiger partial charge in [0, 0.05) is 4.91 Å². The van der Waals surface area contributed by atoms with Crippen molar-refractivity contribution >= 4 is 5.78 Å². The number of ketones is 1.